The molecular weight excluding hydrogens is 438 g/mol. The Kier molecular flexibility index (Phi) is 5.33. The summed E-state index contributed by atoms with van der Waals surface area (Å²) in [6.07, 6.45) is -4.70. The molecule has 0 aliphatic carbocycles. The SMILES string of the molecule is O=C1CC2(CCN(S(=O)(=O)Cc3ccccc3F)CC2)Oc2c1cccc2C(F)(F)F. The number of sulfonamides is 1. The van der Waals surface area contributed by atoms with Crippen LogP contribution in [0.3, 0.4) is 0 Å². The normalized spacial score (nSPS) is 19.2. The van der Waals surface area contributed by atoms with Gasteiger partial charge in [0.25, 0.3) is 0 Å². The zero-order valence-electron chi connectivity index (χ0n) is 16.3. The highest BCUT2D eigenvalue weighted by Gasteiger charge is 2.47. The van der Waals surface area contributed by atoms with Gasteiger partial charge in [-0.1, -0.05) is 24.3 Å². The van der Waals surface area contributed by atoms with Gasteiger partial charge in [0.2, 0.25) is 10.0 Å². The molecule has 0 saturated carbocycles. The first kappa shape index (κ1) is 21.8. The summed E-state index contributed by atoms with van der Waals surface area (Å²) in [5.41, 5.74) is -2.30. The second-order valence-electron chi connectivity index (χ2n) is 7.81. The summed E-state index contributed by atoms with van der Waals surface area (Å²) in [7, 11) is -3.85. The number of fused-ring (bicyclic) bond motifs is 1. The van der Waals surface area contributed by atoms with Crippen LogP contribution in [-0.4, -0.2) is 37.2 Å². The molecule has 2 aromatic carbocycles. The van der Waals surface area contributed by atoms with E-state index in [2.05, 4.69) is 0 Å². The van der Waals surface area contributed by atoms with E-state index in [9.17, 15) is 30.8 Å². The number of nitrogens with zero attached hydrogens (tertiary/aromatic N) is 1. The minimum atomic E-state index is -4.69. The third-order valence-corrected chi connectivity index (χ3v) is 7.57. The van der Waals surface area contributed by atoms with Crippen LogP contribution in [-0.2, 0) is 22.0 Å². The molecule has 0 aromatic heterocycles. The lowest BCUT2D eigenvalue weighted by Crippen LogP contribution is -2.52. The molecule has 0 N–H and O–H groups in total. The number of rotatable bonds is 3. The number of alkyl halides is 3. The lowest BCUT2D eigenvalue weighted by Gasteiger charge is -2.44. The maximum atomic E-state index is 13.9. The molecule has 1 saturated heterocycles. The number of hydrogen-bond donors (Lipinski definition) is 0. The Bertz CT molecular complexity index is 1120. The van der Waals surface area contributed by atoms with Gasteiger partial charge in [-0.05, 0) is 18.2 Å². The van der Waals surface area contributed by atoms with Gasteiger partial charge >= 0.3 is 6.18 Å². The Morgan fingerprint density at radius 2 is 1.71 bits per heavy atom. The molecule has 2 aromatic rings. The summed E-state index contributed by atoms with van der Waals surface area (Å²) in [5, 5.41) is 0. The van der Waals surface area contributed by atoms with Crippen molar-refractivity contribution in [1.82, 2.24) is 4.31 Å². The quantitative estimate of drug-likeness (QED) is 0.649. The minimum Gasteiger partial charge on any atom is -0.485 e. The maximum absolute atomic E-state index is 13.9. The van der Waals surface area contributed by atoms with Crippen molar-refractivity contribution >= 4 is 15.8 Å². The molecule has 10 heteroatoms. The number of halogens is 4. The molecule has 2 aliphatic rings. The fourth-order valence-corrected chi connectivity index (χ4v) is 5.63. The van der Waals surface area contributed by atoms with Gasteiger partial charge in [-0.25, -0.2) is 17.1 Å². The van der Waals surface area contributed by atoms with Crippen molar-refractivity contribution in [2.45, 2.75) is 36.8 Å². The van der Waals surface area contributed by atoms with Gasteiger partial charge in [0, 0.05) is 31.5 Å². The molecule has 5 nitrogen and oxygen atoms in total. The monoisotopic (exact) mass is 457 g/mol. The first-order valence-electron chi connectivity index (χ1n) is 9.64. The van der Waals surface area contributed by atoms with E-state index in [-0.39, 0.29) is 43.5 Å². The van der Waals surface area contributed by atoms with Crippen LogP contribution in [0.2, 0.25) is 0 Å². The lowest BCUT2D eigenvalue weighted by molar-refractivity contribution is -0.140. The van der Waals surface area contributed by atoms with E-state index in [4.69, 9.17) is 4.74 Å². The van der Waals surface area contributed by atoms with Gasteiger partial charge in [0.05, 0.1) is 23.3 Å². The van der Waals surface area contributed by atoms with E-state index >= 15 is 0 Å². The average Bonchev–Trinajstić information content (AvgIpc) is 2.69. The predicted molar refractivity (Wildman–Crippen MR) is 104 cm³/mol. The Morgan fingerprint density at radius 1 is 1.03 bits per heavy atom. The van der Waals surface area contributed by atoms with Crippen LogP contribution in [0.25, 0.3) is 0 Å². The number of carbonyl (C=O) groups is 1. The standard InChI is InChI=1S/C21H19F4NO4S/c22-17-7-2-1-4-14(17)13-31(28,29)26-10-8-20(9-11-26)12-18(27)15-5-3-6-16(19(15)30-20)21(23,24)25/h1-7H,8-13H2. The molecule has 0 amide bonds. The van der Waals surface area contributed by atoms with E-state index in [0.717, 1.165) is 6.07 Å². The highest BCUT2D eigenvalue weighted by Crippen LogP contribution is 2.46. The van der Waals surface area contributed by atoms with Crippen molar-refractivity contribution in [3.8, 4) is 5.75 Å². The molecule has 1 fully saturated rings. The summed E-state index contributed by atoms with van der Waals surface area (Å²) in [4.78, 5) is 12.6. The molecule has 0 bridgehead atoms. The number of Topliss-reactive ketones (excluding diaryl/α,β-unsaturated/α-hetero) is 1. The van der Waals surface area contributed by atoms with Crippen molar-refractivity contribution in [1.29, 1.82) is 0 Å². The number of benzene rings is 2. The molecule has 2 heterocycles. The van der Waals surface area contributed by atoms with Crippen molar-refractivity contribution < 1.29 is 35.5 Å². The summed E-state index contributed by atoms with van der Waals surface area (Å²) in [6, 6.07) is 8.88. The van der Waals surface area contributed by atoms with E-state index in [1.807, 2.05) is 0 Å². The number of ketones is 1. The molecule has 4 rings (SSSR count). The number of hydrogen-bond acceptors (Lipinski definition) is 4. The smallest absolute Gasteiger partial charge is 0.419 e. The molecule has 0 radical (unpaired) electrons. The van der Waals surface area contributed by atoms with Gasteiger partial charge in [0.15, 0.2) is 5.78 Å². The Balaban J connectivity index is 1.54. The fraction of sp³-hybridized carbons (Fsp3) is 0.381. The van der Waals surface area contributed by atoms with E-state index < -0.39 is 50.5 Å². The number of carbonyl (C=O) groups excluding carboxylic acids is 1. The fourth-order valence-electron chi connectivity index (χ4n) is 4.08. The van der Waals surface area contributed by atoms with Crippen LogP contribution in [0.1, 0.15) is 40.7 Å². The Morgan fingerprint density at radius 3 is 2.35 bits per heavy atom. The van der Waals surface area contributed by atoms with E-state index in [0.29, 0.717) is 0 Å². The molecular formula is C21H19F4NO4S. The van der Waals surface area contributed by atoms with Crippen LogP contribution in [0.4, 0.5) is 17.6 Å². The van der Waals surface area contributed by atoms with Crippen LogP contribution >= 0.6 is 0 Å². The first-order valence-corrected chi connectivity index (χ1v) is 11.3. The molecule has 0 atom stereocenters. The number of piperidine rings is 1. The first-order chi connectivity index (χ1) is 14.5. The van der Waals surface area contributed by atoms with Crippen LogP contribution in [0.15, 0.2) is 42.5 Å². The third kappa shape index (κ3) is 4.18. The summed E-state index contributed by atoms with van der Waals surface area (Å²) in [6.45, 7) is -0.0683. The second-order valence-corrected chi connectivity index (χ2v) is 9.78. The van der Waals surface area contributed by atoms with Crippen molar-refractivity contribution in [3.63, 3.8) is 0 Å². The maximum Gasteiger partial charge on any atom is 0.419 e. The van der Waals surface area contributed by atoms with Gasteiger partial charge in [-0.15, -0.1) is 0 Å². The molecule has 166 valence electrons. The van der Waals surface area contributed by atoms with Crippen LogP contribution in [0, 0.1) is 5.82 Å². The highest BCUT2D eigenvalue weighted by atomic mass is 32.2. The van der Waals surface area contributed by atoms with Crippen LogP contribution < -0.4 is 4.74 Å². The van der Waals surface area contributed by atoms with Crippen molar-refractivity contribution in [2.75, 3.05) is 13.1 Å². The number of ether oxygens (including phenoxy) is 1. The zero-order chi connectivity index (χ0) is 22.4. The van der Waals surface area contributed by atoms with E-state index in [1.165, 1.54) is 40.7 Å². The Hall–Kier alpha value is -2.46. The number of para-hydroxylation sites is 1. The largest absolute Gasteiger partial charge is 0.485 e. The lowest BCUT2D eigenvalue weighted by atomic mass is 9.82. The summed E-state index contributed by atoms with van der Waals surface area (Å²) >= 11 is 0. The van der Waals surface area contributed by atoms with Gasteiger partial charge in [-0.2, -0.15) is 13.2 Å². The van der Waals surface area contributed by atoms with Crippen molar-refractivity contribution in [3.05, 3.63) is 65.0 Å². The van der Waals surface area contributed by atoms with Gasteiger partial charge in [0.1, 0.15) is 17.2 Å². The topological polar surface area (TPSA) is 63.7 Å². The third-order valence-electron chi connectivity index (χ3n) is 5.74. The van der Waals surface area contributed by atoms with Gasteiger partial charge < -0.3 is 4.74 Å². The summed E-state index contributed by atoms with van der Waals surface area (Å²) in [5.74, 6) is -2.10. The van der Waals surface area contributed by atoms with Crippen molar-refractivity contribution in [2.24, 2.45) is 0 Å². The average molecular weight is 457 g/mol. The van der Waals surface area contributed by atoms with E-state index in [1.54, 1.807) is 0 Å². The Labute approximate surface area is 176 Å². The predicted octanol–water partition coefficient (Wildman–Crippen LogP) is 4.17. The zero-order valence-corrected chi connectivity index (χ0v) is 17.1. The molecule has 0 unspecified atom stereocenters. The minimum absolute atomic E-state index is 0.0341. The second kappa shape index (κ2) is 7.59. The molecule has 31 heavy (non-hydrogen) atoms. The highest BCUT2D eigenvalue weighted by molar-refractivity contribution is 7.88. The van der Waals surface area contributed by atoms with Crippen LogP contribution in [0.5, 0.6) is 5.75 Å². The summed E-state index contributed by atoms with van der Waals surface area (Å²) < 4.78 is 86.5. The molecule has 2 aliphatic heterocycles. The molecule has 1 spiro atoms. The van der Waals surface area contributed by atoms with Gasteiger partial charge in [-0.3, -0.25) is 4.79 Å².